The summed E-state index contributed by atoms with van der Waals surface area (Å²) in [7, 11) is 0. The van der Waals surface area contributed by atoms with E-state index in [9.17, 15) is 4.39 Å². The van der Waals surface area contributed by atoms with Crippen LogP contribution in [0.5, 0.6) is 0 Å². The first-order valence-corrected chi connectivity index (χ1v) is 6.12. The predicted molar refractivity (Wildman–Crippen MR) is 65.3 cm³/mol. The van der Waals surface area contributed by atoms with Crippen molar-refractivity contribution in [1.82, 2.24) is 10.2 Å². The number of benzene rings is 1. The molecule has 4 heteroatoms. The maximum absolute atomic E-state index is 12.9. The van der Waals surface area contributed by atoms with Gasteiger partial charge in [0.1, 0.15) is 5.82 Å². The van der Waals surface area contributed by atoms with Crippen LogP contribution < -0.4 is 5.32 Å². The van der Waals surface area contributed by atoms with Gasteiger partial charge in [0.2, 0.25) is 0 Å². The fourth-order valence-electron chi connectivity index (χ4n) is 2.36. The van der Waals surface area contributed by atoms with Gasteiger partial charge in [-0.2, -0.15) is 0 Å². The average Bonchev–Trinajstić information content (AvgIpc) is 2.38. The largest absolute Gasteiger partial charge is 0.396 e. The van der Waals surface area contributed by atoms with Gasteiger partial charge in [-0.05, 0) is 24.1 Å². The number of nitrogens with zero attached hydrogens (tertiary/aromatic N) is 1. The fraction of sp³-hybridized carbons (Fsp3) is 0.538. The molecule has 1 aliphatic rings. The molecule has 2 N–H and O–H groups in total. The zero-order chi connectivity index (χ0) is 12.1. The standard InChI is InChI=1S/C13H19FN2O/c14-12-3-1-11(2-4-12)13(5-10-17)16-8-6-15-7-9-16/h1-4,13,15,17H,5-10H2/t13-/m1/s1. The molecule has 1 atom stereocenters. The highest BCUT2D eigenvalue weighted by Gasteiger charge is 2.21. The summed E-state index contributed by atoms with van der Waals surface area (Å²) in [5, 5.41) is 12.5. The molecule has 17 heavy (non-hydrogen) atoms. The number of aliphatic hydroxyl groups is 1. The maximum atomic E-state index is 12.9. The molecule has 1 aliphatic heterocycles. The van der Waals surface area contributed by atoms with Gasteiger partial charge in [-0.3, -0.25) is 4.90 Å². The number of piperazine rings is 1. The molecule has 1 fully saturated rings. The molecule has 0 radical (unpaired) electrons. The summed E-state index contributed by atoms with van der Waals surface area (Å²) in [5.74, 6) is -0.211. The second-order valence-corrected chi connectivity index (χ2v) is 4.37. The van der Waals surface area contributed by atoms with Gasteiger partial charge in [-0.25, -0.2) is 4.39 Å². The number of hydrogen-bond acceptors (Lipinski definition) is 3. The highest BCUT2D eigenvalue weighted by Crippen LogP contribution is 2.24. The lowest BCUT2D eigenvalue weighted by atomic mass is 10.0. The van der Waals surface area contributed by atoms with Crippen LogP contribution in [0.15, 0.2) is 24.3 Å². The van der Waals surface area contributed by atoms with Crippen molar-refractivity contribution in [1.29, 1.82) is 0 Å². The van der Waals surface area contributed by atoms with Crippen molar-refractivity contribution < 1.29 is 9.50 Å². The SMILES string of the molecule is OCC[C@H](c1ccc(F)cc1)N1CCNCC1. The summed E-state index contributed by atoms with van der Waals surface area (Å²) in [6.45, 7) is 4.06. The third-order valence-electron chi connectivity index (χ3n) is 3.25. The van der Waals surface area contributed by atoms with E-state index in [1.807, 2.05) is 12.1 Å². The van der Waals surface area contributed by atoms with Gasteiger partial charge in [0.05, 0.1) is 0 Å². The van der Waals surface area contributed by atoms with Crippen molar-refractivity contribution >= 4 is 0 Å². The molecule has 2 rings (SSSR count). The monoisotopic (exact) mass is 238 g/mol. The molecule has 0 aliphatic carbocycles. The van der Waals surface area contributed by atoms with Crippen LogP contribution in [-0.4, -0.2) is 42.8 Å². The van der Waals surface area contributed by atoms with E-state index in [0.717, 1.165) is 31.7 Å². The van der Waals surface area contributed by atoms with Gasteiger partial charge in [-0.15, -0.1) is 0 Å². The molecular formula is C13H19FN2O. The molecule has 1 saturated heterocycles. The first-order valence-electron chi connectivity index (χ1n) is 6.12. The van der Waals surface area contributed by atoms with Gasteiger partial charge in [0.25, 0.3) is 0 Å². The van der Waals surface area contributed by atoms with Gasteiger partial charge in [-0.1, -0.05) is 12.1 Å². The fourth-order valence-corrected chi connectivity index (χ4v) is 2.36. The molecule has 1 aromatic carbocycles. The Bertz CT molecular complexity index is 336. The molecule has 0 aromatic heterocycles. The molecular weight excluding hydrogens is 219 g/mol. The molecule has 1 aromatic rings. The Kier molecular flexibility index (Phi) is 4.48. The van der Waals surface area contributed by atoms with Crippen molar-refractivity contribution in [2.75, 3.05) is 32.8 Å². The second kappa shape index (κ2) is 6.10. The highest BCUT2D eigenvalue weighted by atomic mass is 19.1. The summed E-state index contributed by atoms with van der Waals surface area (Å²) < 4.78 is 12.9. The molecule has 3 nitrogen and oxygen atoms in total. The third-order valence-corrected chi connectivity index (χ3v) is 3.25. The van der Waals surface area contributed by atoms with Crippen LogP contribution in [0.4, 0.5) is 4.39 Å². The van der Waals surface area contributed by atoms with Crippen LogP contribution in [0.25, 0.3) is 0 Å². The summed E-state index contributed by atoms with van der Waals surface area (Å²) in [4.78, 5) is 2.35. The van der Waals surface area contributed by atoms with Crippen LogP contribution in [0, 0.1) is 5.82 Å². The first kappa shape index (κ1) is 12.5. The minimum atomic E-state index is -0.211. The molecule has 0 amide bonds. The lowest BCUT2D eigenvalue weighted by Crippen LogP contribution is -2.45. The topological polar surface area (TPSA) is 35.5 Å². The summed E-state index contributed by atoms with van der Waals surface area (Å²) in [6.07, 6.45) is 0.700. The van der Waals surface area contributed by atoms with E-state index in [2.05, 4.69) is 10.2 Å². The van der Waals surface area contributed by atoms with Crippen LogP contribution in [0.3, 0.4) is 0 Å². The minimum absolute atomic E-state index is 0.159. The summed E-state index contributed by atoms with van der Waals surface area (Å²) >= 11 is 0. The minimum Gasteiger partial charge on any atom is -0.396 e. The Morgan fingerprint density at radius 1 is 1.24 bits per heavy atom. The van der Waals surface area contributed by atoms with Crippen LogP contribution in [0.1, 0.15) is 18.0 Å². The van der Waals surface area contributed by atoms with E-state index >= 15 is 0 Å². The van der Waals surface area contributed by atoms with Gasteiger partial charge in [0, 0.05) is 38.8 Å². The zero-order valence-electron chi connectivity index (χ0n) is 9.90. The number of nitrogens with one attached hydrogen (secondary N) is 1. The smallest absolute Gasteiger partial charge is 0.123 e. The Morgan fingerprint density at radius 3 is 2.47 bits per heavy atom. The van der Waals surface area contributed by atoms with Crippen molar-refractivity contribution in [3.05, 3.63) is 35.6 Å². The van der Waals surface area contributed by atoms with Crippen LogP contribution in [0.2, 0.25) is 0 Å². The zero-order valence-corrected chi connectivity index (χ0v) is 9.90. The number of aliphatic hydroxyl groups excluding tert-OH is 1. The maximum Gasteiger partial charge on any atom is 0.123 e. The molecule has 0 unspecified atom stereocenters. The molecule has 1 heterocycles. The Balaban J connectivity index is 2.12. The predicted octanol–water partition coefficient (Wildman–Crippen LogP) is 1.15. The van der Waals surface area contributed by atoms with Crippen molar-refractivity contribution in [2.24, 2.45) is 0 Å². The average molecular weight is 238 g/mol. The second-order valence-electron chi connectivity index (χ2n) is 4.37. The van der Waals surface area contributed by atoms with E-state index in [4.69, 9.17) is 5.11 Å². The van der Waals surface area contributed by atoms with E-state index in [1.54, 1.807) is 0 Å². The van der Waals surface area contributed by atoms with Gasteiger partial charge < -0.3 is 10.4 Å². The highest BCUT2D eigenvalue weighted by molar-refractivity contribution is 5.20. The van der Waals surface area contributed by atoms with Crippen molar-refractivity contribution in [3.63, 3.8) is 0 Å². The third kappa shape index (κ3) is 3.25. The van der Waals surface area contributed by atoms with Crippen molar-refractivity contribution in [3.8, 4) is 0 Å². The number of halogens is 1. The van der Waals surface area contributed by atoms with E-state index in [-0.39, 0.29) is 18.5 Å². The van der Waals surface area contributed by atoms with Gasteiger partial charge in [0.15, 0.2) is 0 Å². The molecule has 0 bridgehead atoms. The summed E-state index contributed by atoms with van der Waals surface area (Å²) in [6, 6.07) is 6.81. The number of hydrogen-bond donors (Lipinski definition) is 2. The van der Waals surface area contributed by atoms with Gasteiger partial charge >= 0.3 is 0 Å². The summed E-state index contributed by atoms with van der Waals surface area (Å²) in [5.41, 5.74) is 1.09. The number of rotatable bonds is 4. The Labute approximate surface area is 101 Å². The van der Waals surface area contributed by atoms with E-state index in [1.165, 1.54) is 12.1 Å². The van der Waals surface area contributed by atoms with E-state index < -0.39 is 0 Å². The lowest BCUT2D eigenvalue weighted by Gasteiger charge is -2.35. The normalized spacial score (nSPS) is 19.2. The van der Waals surface area contributed by atoms with Crippen LogP contribution >= 0.6 is 0 Å². The first-order chi connectivity index (χ1) is 8.31. The van der Waals surface area contributed by atoms with Crippen LogP contribution in [-0.2, 0) is 0 Å². The molecule has 0 spiro atoms. The lowest BCUT2D eigenvalue weighted by molar-refractivity contribution is 0.141. The quantitative estimate of drug-likeness (QED) is 0.826. The Morgan fingerprint density at radius 2 is 1.88 bits per heavy atom. The van der Waals surface area contributed by atoms with Crippen molar-refractivity contribution in [2.45, 2.75) is 12.5 Å². The molecule has 94 valence electrons. The Hall–Kier alpha value is -0.970. The molecule has 0 saturated carbocycles. The van der Waals surface area contributed by atoms with E-state index in [0.29, 0.717) is 6.42 Å².